The molecule has 6 heteroatoms. The monoisotopic (exact) mass is 260 g/mol. The molecular weight excluding hydrogens is 248 g/mol. The number of sulfonamides is 1. The zero-order valence-electron chi connectivity index (χ0n) is 8.61. The highest BCUT2D eigenvalue weighted by Crippen LogP contribution is 2.24. The second kappa shape index (κ2) is 4.24. The second-order valence-corrected chi connectivity index (χ2v) is 6.05. The molecule has 3 N–H and O–H groups in total. The van der Waals surface area contributed by atoms with Crippen LogP contribution >= 0.6 is 11.6 Å². The molecule has 4 nitrogen and oxygen atoms in total. The summed E-state index contributed by atoms with van der Waals surface area (Å²) in [6, 6.07) is 4.40. The lowest BCUT2D eigenvalue weighted by Crippen LogP contribution is -2.39. The molecule has 0 radical (unpaired) electrons. The molecule has 0 unspecified atom stereocenters. The van der Waals surface area contributed by atoms with Gasteiger partial charge in [0.2, 0.25) is 10.0 Å². The average molecular weight is 261 g/mol. The number of hydrogen-bond donors (Lipinski definition) is 2. The van der Waals surface area contributed by atoms with Crippen molar-refractivity contribution in [3.05, 3.63) is 23.2 Å². The maximum Gasteiger partial charge on any atom is 0.240 e. The van der Waals surface area contributed by atoms with Crippen molar-refractivity contribution >= 4 is 27.3 Å². The molecule has 0 bridgehead atoms. The maximum absolute atomic E-state index is 11.9. The van der Waals surface area contributed by atoms with Crippen LogP contribution in [0, 0.1) is 0 Å². The molecule has 1 fully saturated rings. The lowest BCUT2D eigenvalue weighted by molar-refractivity contribution is 0.383. The maximum atomic E-state index is 11.9. The van der Waals surface area contributed by atoms with E-state index in [0.29, 0.717) is 5.69 Å². The first-order valence-corrected chi connectivity index (χ1v) is 6.92. The highest BCUT2D eigenvalue weighted by molar-refractivity contribution is 7.89. The van der Waals surface area contributed by atoms with Crippen molar-refractivity contribution in [2.24, 2.45) is 0 Å². The summed E-state index contributed by atoms with van der Waals surface area (Å²) in [6.07, 6.45) is 2.89. The van der Waals surface area contributed by atoms with Gasteiger partial charge in [0, 0.05) is 6.04 Å². The molecule has 2 rings (SSSR count). The number of nitrogens with two attached hydrogens (primary N) is 1. The van der Waals surface area contributed by atoms with E-state index < -0.39 is 10.0 Å². The summed E-state index contributed by atoms with van der Waals surface area (Å²) < 4.78 is 26.4. The number of benzene rings is 1. The van der Waals surface area contributed by atoms with Crippen molar-refractivity contribution in [2.75, 3.05) is 5.73 Å². The largest absolute Gasteiger partial charge is 0.398 e. The first-order valence-electron chi connectivity index (χ1n) is 5.06. The SMILES string of the molecule is Nc1ccc(S(=O)(=O)NC2CCC2)cc1Cl. The first kappa shape index (κ1) is 11.7. The van der Waals surface area contributed by atoms with Gasteiger partial charge in [0.1, 0.15) is 0 Å². The van der Waals surface area contributed by atoms with Gasteiger partial charge in [-0.3, -0.25) is 0 Å². The molecule has 0 aromatic heterocycles. The minimum absolute atomic E-state index is 0.0707. The predicted molar refractivity (Wildman–Crippen MR) is 63.8 cm³/mol. The van der Waals surface area contributed by atoms with Crippen LogP contribution in [-0.4, -0.2) is 14.5 Å². The van der Waals surface area contributed by atoms with Gasteiger partial charge in [-0.1, -0.05) is 18.0 Å². The third-order valence-electron chi connectivity index (χ3n) is 2.71. The standard InChI is InChI=1S/C10H13ClN2O2S/c11-9-6-8(4-5-10(9)12)16(14,15)13-7-2-1-3-7/h4-7,13H,1-3,12H2. The fraction of sp³-hybridized carbons (Fsp3) is 0.400. The van der Waals surface area contributed by atoms with Crippen molar-refractivity contribution in [1.82, 2.24) is 4.72 Å². The van der Waals surface area contributed by atoms with Gasteiger partial charge in [-0.25, -0.2) is 13.1 Å². The molecule has 1 aliphatic carbocycles. The molecule has 1 aromatic rings. The van der Waals surface area contributed by atoms with Crippen LogP contribution in [0.4, 0.5) is 5.69 Å². The summed E-state index contributed by atoms with van der Waals surface area (Å²) in [6.45, 7) is 0. The predicted octanol–water partition coefficient (Wildman–Crippen LogP) is 1.75. The highest BCUT2D eigenvalue weighted by Gasteiger charge is 2.24. The van der Waals surface area contributed by atoms with Gasteiger partial charge in [0.15, 0.2) is 0 Å². The minimum Gasteiger partial charge on any atom is -0.398 e. The van der Waals surface area contributed by atoms with Gasteiger partial charge >= 0.3 is 0 Å². The molecule has 0 aliphatic heterocycles. The molecule has 88 valence electrons. The van der Waals surface area contributed by atoms with Crippen LogP contribution in [0.5, 0.6) is 0 Å². The third kappa shape index (κ3) is 2.31. The molecule has 16 heavy (non-hydrogen) atoms. The smallest absolute Gasteiger partial charge is 0.240 e. The van der Waals surface area contributed by atoms with Crippen molar-refractivity contribution in [1.29, 1.82) is 0 Å². The molecule has 0 saturated heterocycles. The molecule has 1 aliphatic rings. The molecule has 1 saturated carbocycles. The van der Waals surface area contributed by atoms with Crippen LogP contribution in [0.3, 0.4) is 0 Å². The third-order valence-corrected chi connectivity index (χ3v) is 4.55. The Morgan fingerprint density at radius 3 is 2.56 bits per heavy atom. The average Bonchev–Trinajstić information content (AvgIpc) is 2.16. The molecule has 0 atom stereocenters. The van der Waals surface area contributed by atoms with E-state index in [2.05, 4.69) is 4.72 Å². The Hall–Kier alpha value is -0.780. The van der Waals surface area contributed by atoms with Crippen molar-refractivity contribution in [2.45, 2.75) is 30.2 Å². The van der Waals surface area contributed by atoms with Crippen LogP contribution < -0.4 is 10.5 Å². The highest BCUT2D eigenvalue weighted by atomic mass is 35.5. The van der Waals surface area contributed by atoms with Crippen LogP contribution in [0.1, 0.15) is 19.3 Å². The van der Waals surface area contributed by atoms with Gasteiger partial charge in [0.05, 0.1) is 15.6 Å². The summed E-state index contributed by atoms with van der Waals surface area (Å²) in [4.78, 5) is 0.165. The fourth-order valence-corrected chi connectivity index (χ4v) is 3.06. The van der Waals surface area contributed by atoms with Gasteiger partial charge in [-0.15, -0.1) is 0 Å². The van der Waals surface area contributed by atoms with Crippen LogP contribution in [0.25, 0.3) is 0 Å². The minimum atomic E-state index is -3.45. The van der Waals surface area contributed by atoms with Gasteiger partial charge < -0.3 is 5.73 Å². The lowest BCUT2D eigenvalue weighted by Gasteiger charge is -2.26. The zero-order valence-corrected chi connectivity index (χ0v) is 10.2. The van der Waals surface area contributed by atoms with E-state index in [1.54, 1.807) is 0 Å². The van der Waals surface area contributed by atoms with E-state index in [1.807, 2.05) is 0 Å². The Balaban J connectivity index is 2.24. The van der Waals surface area contributed by atoms with Gasteiger partial charge in [-0.2, -0.15) is 0 Å². The molecule has 1 aromatic carbocycles. The Morgan fingerprint density at radius 1 is 1.38 bits per heavy atom. The summed E-state index contributed by atoms with van der Waals surface area (Å²) >= 11 is 5.79. The number of nitrogens with one attached hydrogen (secondary N) is 1. The Morgan fingerprint density at radius 2 is 2.06 bits per heavy atom. The Labute approximate surface area is 99.8 Å². The number of anilines is 1. The summed E-state index contributed by atoms with van der Waals surface area (Å²) in [5, 5.41) is 0.261. The Kier molecular flexibility index (Phi) is 3.10. The van der Waals surface area contributed by atoms with Crippen molar-refractivity contribution < 1.29 is 8.42 Å². The molecule has 0 amide bonds. The van der Waals surface area contributed by atoms with E-state index >= 15 is 0 Å². The van der Waals surface area contributed by atoms with E-state index in [4.69, 9.17) is 17.3 Å². The lowest BCUT2D eigenvalue weighted by atomic mass is 9.94. The van der Waals surface area contributed by atoms with Crippen LogP contribution in [0.15, 0.2) is 23.1 Å². The van der Waals surface area contributed by atoms with E-state index in [0.717, 1.165) is 19.3 Å². The fourth-order valence-electron chi connectivity index (χ4n) is 1.49. The summed E-state index contributed by atoms with van der Waals surface area (Å²) in [5.74, 6) is 0. The van der Waals surface area contributed by atoms with Crippen LogP contribution in [0.2, 0.25) is 5.02 Å². The normalized spacial score (nSPS) is 17.1. The van der Waals surface area contributed by atoms with E-state index in [1.165, 1.54) is 18.2 Å². The number of halogens is 1. The first-order chi connectivity index (χ1) is 7.49. The number of hydrogen-bond acceptors (Lipinski definition) is 3. The van der Waals surface area contributed by atoms with Crippen LogP contribution in [-0.2, 0) is 10.0 Å². The van der Waals surface area contributed by atoms with Crippen molar-refractivity contribution in [3.8, 4) is 0 Å². The molecular formula is C10H13ClN2O2S. The van der Waals surface area contributed by atoms with Crippen molar-refractivity contribution in [3.63, 3.8) is 0 Å². The van der Waals surface area contributed by atoms with E-state index in [-0.39, 0.29) is 16.0 Å². The number of rotatable bonds is 3. The van der Waals surface area contributed by atoms with Gasteiger partial charge in [-0.05, 0) is 31.0 Å². The zero-order chi connectivity index (χ0) is 11.8. The molecule has 0 spiro atoms. The number of nitrogen functional groups attached to an aromatic ring is 1. The molecule has 0 heterocycles. The Bertz CT molecular complexity index is 498. The summed E-state index contributed by atoms with van der Waals surface area (Å²) in [5.41, 5.74) is 5.90. The van der Waals surface area contributed by atoms with E-state index in [9.17, 15) is 8.42 Å². The quantitative estimate of drug-likeness (QED) is 0.814. The summed E-state index contributed by atoms with van der Waals surface area (Å²) in [7, 11) is -3.45. The topological polar surface area (TPSA) is 72.2 Å². The van der Waals surface area contributed by atoms with Gasteiger partial charge in [0.25, 0.3) is 0 Å². The second-order valence-electron chi connectivity index (χ2n) is 3.93.